The Kier molecular flexibility index (Phi) is 14.6. The summed E-state index contributed by atoms with van der Waals surface area (Å²) >= 11 is 0. The summed E-state index contributed by atoms with van der Waals surface area (Å²) < 4.78 is 41.7. The monoisotopic (exact) mass is 362 g/mol. The van der Waals surface area contributed by atoms with Crippen LogP contribution in [0.25, 0.3) is 0 Å². The summed E-state index contributed by atoms with van der Waals surface area (Å²) in [6, 6.07) is 10.1. The van der Waals surface area contributed by atoms with Gasteiger partial charge in [0.1, 0.15) is 5.75 Å². The third-order valence-corrected chi connectivity index (χ3v) is 2.96. The average molecular weight is 362 g/mol. The van der Waals surface area contributed by atoms with Gasteiger partial charge in [0.05, 0.1) is 19.8 Å². The molecule has 0 saturated carbocycles. The number of hydrogen-bond donors (Lipinski definition) is 2. The van der Waals surface area contributed by atoms with Crippen molar-refractivity contribution in [3.05, 3.63) is 30.3 Å². The fourth-order valence-electron chi connectivity index (χ4n) is 1.77. The van der Waals surface area contributed by atoms with Crippen LogP contribution in [0.15, 0.2) is 30.3 Å². The molecule has 1 aromatic carbocycles. The second-order valence-corrected chi connectivity index (χ2v) is 6.24. The van der Waals surface area contributed by atoms with Crippen molar-refractivity contribution in [1.82, 2.24) is 0 Å². The van der Waals surface area contributed by atoms with E-state index in [9.17, 15) is 0 Å². The van der Waals surface area contributed by atoms with Crippen LogP contribution in [0.4, 0.5) is 0 Å². The minimum Gasteiger partial charge on any atom is -0.494 e. The summed E-state index contributed by atoms with van der Waals surface area (Å²) in [6.45, 7) is 5.12. The summed E-state index contributed by atoms with van der Waals surface area (Å²) in [4.78, 5) is 0. The van der Waals surface area contributed by atoms with Crippen LogP contribution >= 0.6 is 0 Å². The lowest BCUT2D eigenvalue weighted by Gasteiger charge is -2.05. The molecule has 0 bridgehead atoms. The maximum Gasteiger partial charge on any atom is 0.394 e. The molecule has 0 radical (unpaired) electrons. The maximum absolute atomic E-state index is 8.74. The van der Waals surface area contributed by atoms with Gasteiger partial charge in [0.2, 0.25) is 0 Å². The van der Waals surface area contributed by atoms with Gasteiger partial charge >= 0.3 is 10.4 Å². The zero-order valence-corrected chi connectivity index (χ0v) is 15.2. The molecule has 2 rings (SSSR count). The highest BCUT2D eigenvalue weighted by molar-refractivity contribution is 7.79. The Bertz CT molecular complexity index is 462. The van der Waals surface area contributed by atoms with Crippen LogP contribution < -0.4 is 4.74 Å². The number of para-hydroxylation sites is 1. The average Bonchev–Trinajstić information content (AvgIpc) is 3.38. The Hall–Kier alpha value is -1.15. The van der Waals surface area contributed by atoms with Crippen LogP contribution in [0.3, 0.4) is 0 Å². The second-order valence-electron chi connectivity index (χ2n) is 5.34. The van der Waals surface area contributed by atoms with E-state index >= 15 is 0 Å². The Morgan fingerprint density at radius 1 is 0.958 bits per heavy atom. The maximum atomic E-state index is 8.74. The first-order valence-electron chi connectivity index (χ1n) is 8.39. The third kappa shape index (κ3) is 25.8. The number of epoxide rings is 1. The van der Waals surface area contributed by atoms with E-state index in [0.717, 1.165) is 25.6 Å². The summed E-state index contributed by atoms with van der Waals surface area (Å²) in [5, 5.41) is 0. The molecule has 0 aromatic heterocycles. The van der Waals surface area contributed by atoms with E-state index < -0.39 is 10.4 Å². The standard InChI is InChI=1S/C15H24O.C2H4O.H2O4S/c1-2-3-4-5-6-7-11-14-16-15-12-9-8-10-13-15;1-2-3-1;1-5(2,3)4/h8-10,12-13H,2-7,11,14H2,1H3;1-2H2;(H2,1,2,3,4). The van der Waals surface area contributed by atoms with Crippen LogP contribution in [0, 0.1) is 0 Å². The minimum absolute atomic E-state index is 0.859. The van der Waals surface area contributed by atoms with Gasteiger partial charge in [-0.25, -0.2) is 0 Å². The molecule has 0 unspecified atom stereocenters. The molecule has 0 aliphatic carbocycles. The molecule has 7 heteroatoms. The molecule has 1 fully saturated rings. The van der Waals surface area contributed by atoms with Crippen molar-refractivity contribution < 1.29 is 27.0 Å². The molecule has 1 saturated heterocycles. The number of hydrogen-bond acceptors (Lipinski definition) is 4. The molecule has 0 atom stereocenters. The van der Waals surface area contributed by atoms with E-state index in [1.165, 1.54) is 44.9 Å². The van der Waals surface area contributed by atoms with Gasteiger partial charge in [-0.15, -0.1) is 0 Å². The van der Waals surface area contributed by atoms with Crippen molar-refractivity contribution in [2.75, 3.05) is 19.8 Å². The van der Waals surface area contributed by atoms with E-state index in [2.05, 4.69) is 11.7 Å². The van der Waals surface area contributed by atoms with Crippen LogP contribution in [0.1, 0.15) is 51.9 Å². The molecule has 0 amide bonds. The lowest BCUT2D eigenvalue weighted by atomic mass is 10.1. The highest BCUT2D eigenvalue weighted by atomic mass is 32.3. The van der Waals surface area contributed by atoms with Gasteiger partial charge in [-0.2, -0.15) is 8.42 Å². The van der Waals surface area contributed by atoms with Gasteiger partial charge in [-0.3, -0.25) is 9.11 Å². The normalized spacial score (nSPS) is 12.3. The third-order valence-electron chi connectivity index (χ3n) is 2.96. The van der Waals surface area contributed by atoms with Crippen LogP contribution in [-0.4, -0.2) is 37.3 Å². The highest BCUT2D eigenvalue weighted by Crippen LogP contribution is 2.10. The number of unbranched alkanes of at least 4 members (excludes halogenated alkanes) is 6. The summed E-state index contributed by atoms with van der Waals surface area (Å²) in [5.41, 5.74) is 0. The first kappa shape index (κ1) is 22.9. The largest absolute Gasteiger partial charge is 0.494 e. The molecule has 140 valence electrons. The Morgan fingerprint density at radius 2 is 1.42 bits per heavy atom. The number of rotatable bonds is 9. The summed E-state index contributed by atoms with van der Waals surface area (Å²) in [5.74, 6) is 0.994. The molecule has 1 aromatic rings. The number of benzene rings is 1. The van der Waals surface area contributed by atoms with Gasteiger partial charge in [0, 0.05) is 0 Å². The van der Waals surface area contributed by atoms with Crippen molar-refractivity contribution in [2.45, 2.75) is 51.9 Å². The van der Waals surface area contributed by atoms with Crippen molar-refractivity contribution >= 4 is 10.4 Å². The molecule has 1 heterocycles. The van der Waals surface area contributed by atoms with Gasteiger partial charge in [0.25, 0.3) is 0 Å². The zero-order valence-electron chi connectivity index (χ0n) is 14.4. The predicted octanol–water partition coefficient (Wildman–Crippen LogP) is 4.18. The molecule has 1 aliphatic heterocycles. The van der Waals surface area contributed by atoms with E-state index in [1.807, 2.05) is 30.3 Å². The predicted molar refractivity (Wildman–Crippen MR) is 94.9 cm³/mol. The molecular weight excluding hydrogens is 332 g/mol. The van der Waals surface area contributed by atoms with E-state index in [1.54, 1.807) is 0 Å². The molecule has 6 nitrogen and oxygen atoms in total. The van der Waals surface area contributed by atoms with E-state index in [0.29, 0.717) is 0 Å². The van der Waals surface area contributed by atoms with E-state index in [-0.39, 0.29) is 0 Å². The Morgan fingerprint density at radius 3 is 1.88 bits per heavy atom. The van der Waals surface area contributed by atoms with Crippen molar-refractivity contribution in [3.63, 3.8) is 0 Å². The van der Waals surface area contributed by atoms with Crippen molar-refractivity contribution in [3.8, 4) is 5.75 Å². The second kappa shape index (κ2) is 15.4. The van der Waals surface area contributed by atoms with Gasteiger partial charge in [-0.05, 0) is 18.6 Å². The fraction of sp³-hybridized carbons (Fsp3) is 0.647. The van der Waals surface area contributed by atoms with E-state index in [4.69, 9.17) is 22.3 Å². The van der Waals surface area contributed by atoms with Gasteiger partial charge in [-0.1, -0.05) is 63.6 Å². The lowest BCUT2D eigenvalue weighted by molar-refractivity contribution is 0.304. The minimum atomic E-state index is -4.67. The molecule has 24 heavy (non-hydrogen) atoms. The Balaban J connectivity index is 0.000000541. The SMILES string of the molecule is C1CO1.CCCCCCCCCOc1ccccc1.O=S(=O)(O)O. The molecule has 2 N–H and O–H groups in total. The first-order chi connectivity index (χ1) is 11.4. The first-order valence-corrected chi connectivity index (χ1v) is 9.78. The highest BCUT2D eigenvalue weighted by Gasteiger charge is 1.94. The topological polar surface area (TPSA) is 96.4 Å². The van der Waals surface area contributed by atoms with Gasteiger partial charge in [0.15, 0.2) is 0 Å². The molecule has 0 spiro atoms. The summed E-state index contributed by atoms with van der Waals surface area (Å²) in [6.07, 6.45) is 9.35. The summed E-state index contributed by atoms with van der Waals surface area (Å²) in [7, 11) is -4.67. The van der Waals surface area contributed by atoms with Crippen LogP contribution in [-0.2, 0) is 15.1 Å². The quantitative estimate of drug-likeness (QED) is 0.389. The lowest BCUT2D eigenvalue weighted by Crippen LogP contribution is -1.96. The molecule has 1 aliphatic rings. The van der Waals surface area contributed by atoms with Crippen LogP contribution in [0.2, 0.25) is 0 Å². The zero-order chi connectivity index (χ0) is 18.1. The Labute approximate surface area is 145 Å². The fourth-order valence-corrected chi connectivity index (χ4v) is 1.77. The smallest absolute Gasteiger partial charge is 0.394 e. The molecular formula is C17H30O6S. The van der Waals surface area contributed by atoms with Crippen molar-refractivity contribution in [2.24, 2.45) is 0 Å². The van der Waals surface area contributed by atoms with Gasteiger partial charge < -0.3 is 9.47 Å². The number of ether oxygens (including phenoxy) is 2. The van der Waals surface area contributed by atoms with Crippen molar-refractivity contribution in [1.29, 1.82) is 0 Å². The van der Waals surface area contributed by atoms with Crippen LogP contribution in [0.5, 0.6) is 5.75 Å².